The highest BCUT2D eigenvalue weighted by Gasteiger charge is 2.08. The Bertz CT molecular complexity index is 496. The van der Waals surface area contributed by atoms with E-state index < -0.39 is 0 Å². The molecule has 17 heavy (non-hydrogen) atoms. The van der Waals surface area contributed by atoms with Gasteiger partial charge in [-0.15, -0.1) is 11.3 Å². The molecule has 0 radical (unpaired) electrons. The van der Waals surface area contributed by atoms with Crippen LogP contribution in [0, 0.1) is 6.92 Å². The molecule has 0 aliphatic carbocycles. The van der Waals surface area contributed by atoms with E-state index in [0.29, 0.717) is 6.04 Å². The monoisotopic (exact) mass is 310 g/mol. The summed E-state index contributed by atoms with van der Waals surface area (Å²) in [5, 5.41) is 6.72. The highest BCUT2D eigenvalue weighted by Crippen LogP contribution is 2.18. The predicted octanol–water partition coefficient (Wildman–Crippen LogP) is 4.06. The first kappa shape index (κ1) is 12.7. The highest BCUT2D eigenvalue weighted by molar-refractivity contribution is 9.10. The van der Waals surface area contributed by atoms with Crippen molar-refractivity contribution in [3.8, 4) is 0 Å². The van der Waals surface area contributed by atoms with Gasteiger partial charge in [-0.1, -0.05) is 28.1 Å². The van der Waals surface area contributed by atoms with E-state index in [4.69, 9.17) is 0 Å². The molecule has 0 amide bonds. The zero-order valence-electron chi connectivity index (χ0n) is 9.90. The first-order valence-corrected chi connectivity index (χ1v) is 7.22. The third-order valence-corrected chi connectivity index (χ3v) is 4.15. The van der Waals surface area contributed by atoms with Gasteiger partial charge in [-0.25, -0.2) is 4.98 Å². The van der Waals surface area contributed by atoms with Crippen LogP contribution < -0.4 is 5.32 Å². The summed E-state index contributed by atoms with van der Waals surface area (Å²) in [7, 11) is 0. The molecule has 2 rings (SSSR count). The zero-order chi connectivity index (χ0) is 12.3. The second-order valence-corrected chi connectivity index (χ2v) is 5.86. The van der Waals surface area contributed by atoms with Gasteiger partial charge in [-0.3, -0.25) is 0 Å². The van der Waals surface area contributed by atoms with E-state index in [-0.39, 0.29) is 0 Å². The van der Waals surface area contributed by atoms with Crippen molar-refractivity contribution in [1.29, 1.82) is 0 Å². The maximum Gasteiger partial charge on any atom is 0.110 e. The van der Waals surface area contributed by atoms with E-state index in [9.17, 15) is 0 Å². The third-order valence-electron chi connectivity index (χ3n) is 2.51. The summed E-state index contributed by atoms with van der Waals surface area (Å²) < 4.78 is 1.12. The molecule has 1 heterocycles. The molecule has 90 valence electrons. The molecule has 2 nitrogen and oxygen atoms in total. The van der Waals surface area contributed by atoms with Gasteiger partial charge < -0.3 is 5.32 Å². The summed E-state index contributed by atoms with van der Waals surface area (Å²) in [6, 6.07) is 8.65. The molecule has 1 unspecified atom stereocenters. The SMILES string of the molecule is Cc1csc(C(C)NCc2cccc(Br)c2)n1. The lowest BCUT2D eigenvalue weighted by atomic mass is 10.2. The molecule has 0 saturated heterocycles. The number of aryl methyl sites for hydroxylation is 1. The zero-order valence-corrected chi connectivity index (χ0v) is 12.3. The van der Waals surface area contributed by atoms with Crippen LogP contribution in [0.1, 0.15) is 29.2 Å². The maximum absolute atomic E-state index is 4.49. The number of halogens is 1. The lowest BCUT2D eigenvalue weighted by Crippen LogP contribution is -2.17. The van der Waals surface area contributed by atoms with Crippen molar-refractivity contribution in [2.75, 3.05) is 0 Å². The van der Waals surface area contributed by atoms with Crippen molar-refractivity contribution in [2.24, 2.45) is 0 Å². The van der Waals surface area contributed by atoms with E-state index in [1.54, 1.807) is 11.3 Å². The van der Waals surface area contributed by atoms with Crippen LogP contribution in [-0.2, 0) is 6.54 Å². The van der Waals surface area contributed by atoms with Crippen LogP contribution in [0.25, 0.3) is 0 Å². The van der Waals surface area contributed by atoms with E-state index >= 15 is 0 Å². The first-order valence-electron chi connectivity index (χ1n) is 5.55. The Balaban J connectivity index is 1.94. The van der Waals surface area contributed by atoms with Gasteiger partial charge in [0.15, 0.2) is 0 Å². The van der Waals surface area contributed by atoms with Crippen molar-refractivity contribution in [1.82, 2.24) is 10.3 Å². The van der Waals surface area contributed by atoms with Gasteiger partial charge in [0.2, 0.25) is 0 Å². The molecule has 0 fully saturated rings. The Morgan fingerprint density at radius 1 is 1.47 bits per heavy atom. The van der Waals surface area contributed by atoms with Crippen molar-refractivity contribution in [3.63, 3.8) is 0 Å². The Hall–Kier alpha value is -0.710. The summed E-state index contributed by atoms with van der Waals surface area (Å²) in [6.07, 6.45) is 0. The number of thiazole rings is 1. The van der Waals surface area contributed by atoms with E-state index in [0.717, 1.165) is 21.7 Å². The molecule has 4 heteroatoms. The van der Waals surface area contributed by atoms with E-state index in [2.05, 4.69) is 56.7 Å². The molecule has 0 spiro atoms. The molecule has 1 N–H and O–H groups in total. The number of hydrogen-bond acceptors (Lipinski definition) is 3. The largest absolute Gasteiger partial charge is 0.304 e. The second kappa shape index (κ2) is 5.76. The Morgan fingerprint density at radius 2 is 2.29 bits per heavy atom. The third kappa shape index (κ3) is 3.63. The lowest BCUT2D eigenvalue weighted by molar-refractivity contribution is 0.571. The molecule has 0 saturated carbocycles. The van der Waals surface area contributed by atoms with Gasteiger partial charge in [-0.05, 0) is 31.5 Å². The van der Waals surface area contributed by atoms with Crippen LogP contribution in [0.3, 0.4) is 0 Å². The number of nitrogens with one attached hydrogen (secondary N) is 1. The second-order valence-electron chi connectivity index (χ2n) is 4.06. The van der Waals surface area contributed by atoms with Crippen LogP contribution in [0.5, 0.6) is 0 Å². The standard InChI is InChI=1S/C13H15BrN2S/c1-9-8-17-13(16-9)10(2)15-7-11-4-3-5-12(14)6-11/h3-6,8,10,15H,7H2,1-2H3. The Morgan fingerprint density at radius 3 is 2.94 bits per heavy atom. The van der Waals surface area contributed by atoms with E-state index in [1.165, 1.54) is 5.56 Å². The minimum absolute atomic E-state index is 0.299. The predicted molar refractivity (Wildman–Crippen MR) is 76.2 cm³/mol. The highest BCUT2D eigenvalue weighted by atomic mass is 79.9. The molecule has 0 aliphatic rings. The van der Waals surface area contributed by atoms with Crippen LogP contribution in [0.2, 0.25) is 0 Å². The molecule has 0 bridgehead atoms. The number of benzene rings is 1. The smallest absolute Gasteiger partial charge is 0.110 e. The van der Waals surface area contributed by atoms with Gasteiger partial charge in [0.25, 0.3) is 0 Å². The fourth-order valence-corrected chi connectivity index (χ4v) is 2.85. The summed E-state index contributed by atoms with van der Waals surface area (Å²) in [6.45, 7) is 5.04. The fraction of sp³-hybridized carbons (Fsp3) is 0.308. The molecule has 2 aromatic rings. The number of aromatic nitrogens is 1. The number of rotatable bonds is 4. The van der Waals surface area contributed by atoms with Gasteiger partial charge in [0.1, 0.15) is 5.01 Å². The van der Waals surface area contributed by atoms with Gasteiger partial charge >= 0.3 is 0 Å². The Kier molecular flexibility index (Phi) is 4.31. The average molecular weight is 311 g/mol. The summed E-state index contributed by atoms with van der Waals surface area (Å²) in [4.78, 5) is 4.49. The fourth-order valence-electron chi connectivity index (χ4n) is 1.58. The average Bonchev–Trinajstić information content (AvgIpc) is 2.73. The molecular formula is C13H15BrN2S. The molecular weight excluding hydrogens is 296 g/mol. The van der Waals surface area contributed by atoms with Crippen molar-refractivity contribution in [2.45, 2.75) is 26.4 Å². The van der Waals surface area contributed by atoms with Crippen molar-refractivity contribution in [3.05, 3.63) is 50.4 Å². The summed E-state index contributed by atoms with van der Waals surface area (Å²) >= 11 is 5.19. The number of hydrogen-bond donors (Lipinski definition) is 1. The summed E-state index contributed by atoms with van der Waals surface area (Å²) in [5.41, 5.74) is 2.38. The van der Waals surface area contributed by atoms with Gasteiger partial charge in [-0.2, -0.15) is 0 Å². The van der Waals surface area contributed by atoms with Crippen LogP contribution >= 0.6 is 27.3 Å². The van der Waals surface area contributed by atoms with Crippen molar-refractivity contribution < 1.29 is 0 Å². The first-order chi connectivity index (χ1) is 8.15. The van der Waals surface area contributed by atoms with Crippen LogP contribution in [0.4, 0.5) is 0 Å². The van der Waals surface area contributed by atoms with Gasteiger partial charge in [0, 0.05) is 22.1 Å². The lowest BCUT2D eigenvalue weighted by Gasteiger charge is -2.11. The number of nitrogens with zero attached hydrogens (tertiary/aromatic N) is 1. The summed E-state index contributed by atoms with van der Waals surface area (Å²) in [5.74, 6) is 0. The van der Waals surface area contributed by atoms with Crippen LogP contribution in [0.15, 0.2) is 34.1 Å². The Labute approximate surface area is 114 Å². The van der Waals surface area contributed by atoms with Crippen LogP contribution in [-0.4, -0.2) is 4.98 Å². The maximum atomic E-state index is 4.49. The van der Waals surface area contributed by atoms with Crippen molar-refractivity contribution >= 4 is 27.3 Å². The normalized spacial score (nSPS) is 12.6. The van der Waals surface area contributed by atoms with E-state index in [1.807, 2.05) is 13.0 Å². The minimum Gasteiger partial charge on any atom is -0.304 e. The minimum atomic E-state index is 0.299. The molecule has 1 aromatic carbocycles. The molecule has 0 aliphatic heterocycles. The quantitative estimate of drug-likeness (QED) is 0.921. The van der Waals surface area contributed by atoms with Gasteiger partial charge in [0.05, 0.1) is 6.04 Å². The topological polar surface area (TPSA) is 24.9 Å². The molecule has 1 atom stereocenters. The molecule has 1 aromatic heterocycles.